The van der Waals surface area contributed by atoms with Crippen molar-refractivity contribution in [1.82, 2.24) is 39.0 Å². The lowest BCUT2D eigenvalue weighted by atomic mass is 9.48. The number of anilines is 2. The van der Waals surface area contributed by atoms with Crippen LogP contribution in [0, 0.1) is 95.0 Å². The van der Waals surface area contributed by atoms with Crippen molar-refractivity contribution >= 4 is 69.1 Å². The molecular formula is C60H77ClF2N10O12. The van der Waals surface area contributed by atoms with E-state index < -0.39 is 85.4 Å². The number of terminal acetylenes is 2. The summed E-state index contributed by atoms with van der Waals surface area (Å²) in [7, 11) is 0. The minimum absolute atomic E-state index is 0.0216. The topological polar surface area (TPSA) is 292 Å². The lowest BCUT2D eigenvalue weighted by Crippen LogP contribution is -2.46. The van der Waals surface area contributed by atoms with E-state index in [0.717, 1.165) is 61.2 Å². The molecule has 5 N–H and O–H groups in total. The molecule has 8 aliphatic carbocycles. The van der Waals surface area contributed by atoms with Crippen LogP contribution in [0.5, 0.6) is 0 Å². The van der Waals surface area contributed by atoms with E-state index in [-0.39, 0.29) is 71.2 Å². The van der Waals surface area contributed by atoms with E-state index >= 15 is 0 Å². The summed E-state index contributed by atoms with van der Waals surface area (Å²) in [5, 5.41) is 10.4. The Labute approximate surface area is 497 Å². The predicted molar refractivity (Wildman–Crippen MR) is 303 cm³/mol. The molecule has 2 saturated heterocycles. The number of aliphatic hydroxyl groups excluding tert-OH is 1. The second-order valence-electron chi connectivity index (χ2n) is 26.0. The van der Waals surface area contributed by atoms with Crippen LogP contribution >= 0.6 is 11.6 Å². The van der Waals surface area contributed by atoms with Gasteiger partial charge in [0.15, 0.2) is 39.6 Å². The Balaban J connectivity index is 0.000000174. The van der Waals surface area contributed by atoms with Crippen LogP contribution in [0.4, 0.5) is 30.0 Å². The molecule has 22 nitrogen and oxygen atoms in total. The lowest BCUT2D eigenvalue weighted by Gasteiger charge is -2.57. The van der Waals surface area contributed by atoms with E-state index in [2.05, 4.69) is 41.7 Å². The van der Waals surface area contributed by atoms with E-state index in [1.165, 1.54) is 98.8 Å². The number of ether oxygens (including phenoxy) is 7. The van der Waals surface area contributed by atoms with Crippen molar-refractivity contribution in [3.8, 4) is 24.7 Å². The minimum Gasteiger partial charge on any atom is -0.458 e. The summed E-state index contributed by atoms with van der Waals surface area (Å²) in [6.45, 7) is 6.63. The molecule has 6 atom stereocenters. The fourth-order valence-corrected chi connectivity index (χ4v) is 15.9. The van der Waals surface area contributed by atoms with Crippen molar-refractivity contribution < 1.29 is 66.2 Å². The molecule has 14 rings (SSSR count). The highest BCUT2D eigenvalue weighted by Crippen LogP contribution is 2.63. The molecule has 460 valence electrons. The molecule has 0 unspecified atom stereocenters. The third-order valence-corrected chi connectivity index (χ3v) is 19.4. The lowest BCUT2D eigenvalue weighted by molar-refractivity contribution is -0.163. The normalized spacial score (nSPS) is 32.8. The summed E-state index contributed by atoms with van der Waals surface area (Å²) in [5.41, 5.74) is 9.71. The van der Waals surface area contributed by atoms with Gasteiger partial charge in [-0.3, -0.25) is 18.7 Å². The average molecular weight is 1200 g/mol. The zero-order valence-electron chi connectivity index (χ0n) is 48.6. The first-order valence-electron chi connectivity index (χ1n) is 29.8. The van der Waals surface area contributed by atoms with Crippen LogP contribution in [0.25, 0.3) is 22.3 Å². The minimum atomic E-state index is -1.62. The number of aromatic nitrogens is 8. The van der Waals surface area contributed by atoms with Gasteiger partial charge in [-0.15, -0.1) is 12.8 Å². The van der Waals surface area contributed by atoms with E-state index in [1.807, 2.05) is 0 Å². The van der Waals surface area contributed by atoms with Gasteiger partial charge < -0.3 is 49.7 Å². The van der Waals surface area contributed by atoms with Crippen molar-refractivity contribution in [2.45, 2.75) is 179 Å². The summed E-state index contributed by atoms with van der Waals surface area (Å²) in [6, 6.07) is 0. The van der Waals surface area contributed by atoms with Gasteiger partial charge >= 0.3 is 30.4 Å². The molecule has 0 radical (unpaired) electrons. The third kappa shape index (κ3) is 13.4. The van der Waals surface area contributed by atoms with Crippen LogP contribution in [0.15, 0.2) is 12.7 Å². The molecule has 4 aromatic heterocycles. The second-order valence-corrected chi connectivity index (χ2v) is 26.3. The Morgan fingerprint density at radius 1 is 0.647 bits per heavy atom. The summed E-state index contributed by atoms with van der Waals surface area (Å²) < 4.78 is 69.8. The van der Waals surface area contributed by atoms with Crippen LogP contribution < -0.4 is 11.5 Å². The molecule has 6 heterocycles. The number of rotatable bonds is 17. The fourth-order valence-electron chi connectivity index (χ4n) is 15.9. The van der Waals surface area contributed by atoms with Crippen LogP contribution in [0.1, 0.15) is 156 Å². The van der Waals surface area contributed by atoms with Crippen LogP contribution in [0.3, 0.4) is 0 Å². The number of carbonyl (C=O) groups is 4. The fraction of sp³-hybridized carbons (Fsp3) is 0.700. The number of hydrogen-bond acceptors (Lipinski definition) is 20. The highest BCUT2D eigenvalue weighted by Gasteiger charge is 2.55. The monoisotopic (exact) mass is 1200 g/mol. The molecule has 0 amide bonds. The molecule has 10 aliphatic rings. The van der Waals surface area contributed by atoms with Gasteiger partial charge in [-0.25, -0.2) is 19.6 Å². The number of aliphatic hydroxyl groups is 1. The van der Waals surface area contributed by atoms with Crippen LogP contribution in [-0.2, 0) is 42.7 Å². The van der Waals surface area contributed by atoms with Gasteiger partial charge in [0.2, 0.25) is 10.8 Å². The summed E-state index contributed by atoms with van der Waals surface area (Å²) in [4.78, 5) is 70.2. The maximum Gasteiger partial charge on any atom is 0.508 e. The van der Waals surface area contributed by atoms with Gasteiger partial charge in [0.05, 0.1) is 31.8 Å². The van der Waals surface area contributed by atoms with Crippen molar-refractivity contribution in [2.75, 3.05) is 37.9 Å². The Kier molecular flexibility index (Phi) is 18.2. The van der Waals surface area contributed by atoms with Crippen molar-refractivity contribution in [2.24, 2.45) is 58.2 Å². The maximum atomic E-state index is 14.0. The predicted octanol–water partition coefficient (Wildman–Crippen LogP) is 9.31. The first-order valence-corrected chi connectivity index (χ1v) is 30.2. The van der Waals surface area contributed by atoms with Gasteiger partial charge in [0.25, 0.3) is 0 Å². The Morgan fingerprint density at radius 3 is 1.42 bits per heavy atom. The molecule has 8 saturated carbocycles. The molecule has 2 aliphatic heterocycles. The number of esters is 1. The molecular weight excluding hydrogens is 1130 g/mol. The standard InChI is InChI=1S/C30H38FN5O6.C26H32FN5O5.C4H7ClO/c1-4-30(15-40-28(38)39-7-5-6-29-12-18-8-19(13-29)10-20(9-18)14-29)21(41-26(37)17(2)3)11-22(42-30)36-16-33-23-24(32)34-27(31)35-25(23)36;1-2-26(18(33)9-19(37-26)32-14-29-20-21(28)30-23(27)31-22(20)32)13-36-24(34)35-5-3-4-25-10-15-6-16(11-25)8-17(7-15)12-25;1-3(2)4(5)6/h1,16-22H,5-15H2,2-3H3,(H2,32,34,35);1,14-19,33H,3-13H2,(H2,28,30,31);3H,1-2H3/t18?,19?,20?,21-,22+,29?,30+;15?,16?,17?,18-,19+,25?,26+;/m00./s1. The summed E-state index contributed by atoms with van der Waals surface area (Å²) in [6.07, 6.45) is 26.9. The molecule has 8 bridgehead atoms. The number of fused-ring (bicyclic) bond motifs is 2. The van der Waals surface area contributed by atoms with Gasteiger partial charge in [0.1, 0.15) is 37.9 Å². The van der Waals surface area contributed by atoms with Crippen molar-refractivity contribution in [3.63, 3.8) is 0 Å². The summed E-state index contributed by atoms with van der Waals surface area (Å²) >= 11 is 4.97. The van der Waals surface area contributed by atoms with Gasteiger partial charge in [-0.05, 0) is 161 Å². The Bertz CT molecular complexity index is 3150. The zero-order chi connectivity index (χ0) is 60.6. The highest BCUT2D eigenvalue weighted by atomic mass is 35.5. The Hall–Kier alpha value is -6.47. The quantitative estimate of drug-likeness (QED) is 0.0221. The van der Waals surface area contributed by atoms with Crippen molar-refractivity contribution in [1.29, 1.82) is 0 Å². The molecule has 0 aromatic carbocycles. The molecule has 10 fully saturated rings. The highest BCUT2D eigenvalue weighted by molar-refractivity contribution is 6.63. The Morgan fingerprint density at radius 2 is 1.04 bits per heavy atom. The van der Waals surface area contributed by atoms with E-state index in [0.29, 0.717) is 10.8 Å². The van der Waals surface area contributed by atoms with Gasteiger partial charge in [0, 0.05) is 18.8 Å². The van der Waals surface area contributed by atoms with Crippen LogP contribution in [0.2, 0.25) is 0 Å². The summed E-state index contributed by atoms with van der Waals surface area (Å²) in [5.74, 6) is 9.05. The zero-order valence-corrected chi connectivity index (χ0v) is 49.4. The average Bonchev–Trinajstić information content (AvgIpc) is 2.82. The number of nitrogen functional groups attached to an aromatic ring is 2. The van der Waals surface area contributed by atoms with E-state index in [1.54, 1.807) is 27.7 Å². The number of carbonyl (C=O) groups excluding carboxylic acids is 4. The second kappa shape index (κ2) is 25.1. The molecule has 0 spiro atoms. The number of nitrogens with zero attached hydrogens (tertiary/aromatic N) is 8. The van der Waals surface area contributed by atoms with Gasteiger partial charge in [-0.1, -0.05) is 39.5 Å². The first-order chi connectivity index (χ1) is 40.5. The third-order valence-electron chi connectivity index (χ3n) is 19.0. The van der Waals surface area contributed by atoms with E-state index in [9.17, 15) is 33.1 Å². The van der Waals surface area contributed by atoms with Crippen LogP contribution in [-0.4, -0.2) is 118 Å². The number of nitrogens with two attached hydrogens (primary N) is 2. The SMILES string of the molecule is C#C[C@]1(COC(=O)OCCCC23CC4CC(CC(C4)C2)C3)O[C@@H](n2cnc3c(N)nc(F)nc32)C[C@@H]1O.C#C[C@]1(COC(=O)OCCCC23CC4CC(CC(C4)C2)C3)O[C@@H](n2cnc3c(N)nc(F)nc32)C[C@@H]1OC(=O)C(C)C.CC(C)C(=O)Cl. The first kappa shape index (κ1) is 61.6. The largest absolute Gasteiger partial charge is 0.508 e. The number of imidazole rings is 2. The smallest absolute Gasteiger partial charge is 0.458 e. The molecule has 85 heavy (non-hydrogen) atoms. The number of halogens is 3. The molecule has 4 aromatic rings. The maximum absolute atomic E-state index is 14.0. The van der Waals surface area contributed by atoms with E-state index in [4.69, 9.17) is 69.1 Å². The van der Waals surface area contributed by atoms with Gasteiger partial charge in [-0.2, -0.15) is 28.7 Å². The number of hydrogen-bond donors (Lipinski definition) is 3. The van der Waals surface area contributed by atoms with Crippen molar-refractivity contribution in [3.05, 3.63) is 24.8 Å². The molecule has 25 heteroatoms.